The van der Waals surface area contributed by atoms with Crippen molar-refractivity contribution in [3.05, 3.63) is 23.4 Å². The molecule has 1 aromatic rings. The minimum absolute atomic E-state index is 0.0941. The Bertz CT molecular complexity index is 463. The van der Waals surface area contributed by atoms with Crippen molar-refractivity contribution in [3.8, 4) is 0 Å². The molecule has 1 rings (SSSR count). The highest BCUT2D eigenvalue weighted by atomic mass is 16.1. The molecule has 0 atom stereocenters. The van der Waals surface area contributed by atoms with E-state index in [1.165, 1.54) is 0 Å². The highest BCUT2D eigenvalue weighted by Gasteiger charge is 2.18. The van der Waals surface area contributed by atoms with Crippen LogP contribution in [0.2, 0.25) is 0 Å². The second kappa shape index (κ2) is 6.70. The fourth-order valence-corrected chi connectivity index (χ4v) is 1.77. The number of rotatable bonds is 5. The number of aromatic nitrogens is 1. The summed E-state index contributed by atoms with van der Waals surface area (Å²) in [7, 11) is 4.03. The molecule has 0 bridgehead atoms. The summed E-state index contributed by atoms with van der Waals surface area (Å²) in [5.41, 5.74) is 7.07. The molecule has 3 N–H and O–H groups in total. The van der Waals surface area contributed by atoms with Crippen molar-refractivity contribution in [3.63, 3.8) is 0 Å². The van der Waals surface area contributed by atoms with Gasteiger partial charge in [-0.25, -0.2) is 4.98 Å². The highest BCUT2D eigenvalue weighted by Crippen LogP contribution is 2.22. The van der Waals surface area contributed by atoms with Gasteiger partial charge in [0.2, 0.25) is 0 Å². The zero-order valence-corrected chi connectivity index (χ0v) is 13.2. The van der Waals surface area contributed by atoms with Crippen molar-refractivity contribution < 1.29 is 4.79 Å². The van der Waals surface area contributed by atoms with E-state index >= 15 is 0 Å². The normalized spacial score (nSPS) is 11.7. The molecule has 1 amide bonds. The second-order valence-corrected chi connectivity index (χ2v) is 6.33. The maximum absolute atomic E-state index is 12.1. The number of carbonyl (C=O) groups excluding carboxylic acids is 1. The van der Waals surface area contributed by atoms with Gasteiger partial charge in [-0.3, -0.25) is 4.79 Å². The SMILES string of the molecule is CN(C)CCCNC(=O)c1cc(N)nc(C(C)(C)C)c1. The summed E-state index contributed by atoms with van der Waals surface area (Å²) in [5.74, 6) is 0.291. The van der Waals surface area contributed by atoms with E-state index in [0.717, 1.165) is 18.7 Å². The Morgan fingerprint density at radius 2 is 2.00 bits per heavy atom. The van der Waals surface area contributed by atoms with E-state index < -0.39 is 0 Å². The summed E-state index contributed by atoms with van der Waals surface area (Å²) in [6.07, 6.45) is 0.922. The highest BCUT2D eigenvalue weighted by molar-refractivity contribution is 5.94. The van der Waals surface area contributed by atoms with Gasteiger partial charge in [0.1, 0.15) is 5.82 Å². The van der Waals surface area contributed by atoms with Crippen molar-refractivity contribution in [2.24, 2.45) is 0 Å². The molecule has 0 aliphatic rings. The number of nitrogens with one attached hydrogen (secondary N) is 1. The maximum atomic E-state index is 12.1. The van der Waals surface area contributed by atoms with Crippen LogP contribution in [0.4, 0.5) is 5.82 Å². The van der Waals surface area contributed by atoms with Crippen LogP contribution >= 0.6 is 0 Å². The number of amides is 1. The maximum Gasteiger partial charge on any atom is 0.251 e. The molecule has 0 radical (unpaired) electrons. The van der Waals surface area contributed by atoms with Crippen molar-refractivity contribution in [1.29, 1.82) is 0 Å². The van der Waals surface area contributed by atoms with Crippen LogP contribution in [-0.4, -0.2) is 43.0 Å². The monoisotopic (exact) mass is 278 g/mol. The number of anilines is 1. The molecule has 5 nitrogen and oxygen atoms in total. The zero-order valence-electron chi connectivity index (χ0n) is 13.2. The molecule has 112 valence electrons. The molecule has 0 aliphatic heterocycles. The van der Waals surface area contributed by atoms with Gasteiger partial charge in [0.15, 0.2) is 0 Å². The lowest BCUT2D eigenvalue weighted by Gasteiger charge is -2.19. The van der Waals surface area contributed by atoms with E-state index in [9.17, 15) is 4.79 Å². The van der Waals surface area contributed by atoms with E-state index in [2.05, 4.69) is 15.2 Å². The van der Waals surface area contributed by atoms with Gasteiger partial charge in [0.25, 0.3) is 5.91 Å². The largest absolute Gasteiger partial charge is 0.384 e. The third-order valence-electron chi connectivity index (χ3n) is 2.94. The molecule has 0 saturated heterocycles. The third kappa shape index (κ3) is 5.17. The number of nitrogen functional groups attached to an aromatic ring is 1. The molecule has 0 spiro atoms. The number of hydrogen-bond acceptors (Lipinski definition) is 4. The standard InChI is InChI=1S/C15H26N4O/c1-15(2,3)12-9-11(10-13(16)18-12)14(20)17-7-6-8-19(4)5/h9-10H,6-8H2,1-5H3,(H2,16,18)(H,17,20). The first kappa shape index (κ1) is 16.4. The Morgan fingerprint density at radius 1 is 1.35 bits per heavy atom. The molecule has 0 aliphatic carbocycles. The molecular weight excluding hydrogens is 252 g/mol. The van der Waals surface area contributed by atoms with Gasteiger partial charge in [0, 0.05) is 23.2 Å². The van der Waals surface area contributed by atoms with E-state index in [1.54, 1.807) is 6.07 Å². The lowest BCUT2D eigenvalue weighted by molar-refractivity contribution is 0.0952. The fraction of sp³-hybridized carbons (Fsp3) is 0.600. The van der Waals surface area contributed by atoms with E-state index in [-0.39, 0.29) is 11.3 Å². The van der Waals surface area contributed by atoms with Crippen LogP contribution in [0.5, 0.6) is 0 Å². The minimum atomic E-state index is -0.130. The first-order valence-corrected chi connectivity index (χ1v) is 6.91. The Balaban J connectivity index is 2.71. The number of pyridine rings is 1. The summed E-state index contributed by atoms with van der Waals surface area (Å²) in [6, 6.07) is 3.44. The summed E-state index contributed by atoms with van der Waals surface area (Å²) in [5, 5.41) is 2.91. The number of carbonyl (C=O) groups is 1. The predicted octanol–water partition coefficient (Wildman–Crippen LogP) is 1.64. The van der Waals surface area contributed by atoms with E-state index in [0.29, 0.717) is 17.9 Å². The Morgan fingerprint density at radius 3 is 2.55 bits per heavy atom. The molecular formula is C15H26N4O. The Hall–Kier alpha value is -1.62. The predicted molar refractivity (Wildman–Crippen MR) is 82.9 cm³/mol. The molecule has 1 heterocycles. The lowest BCUT2D eigenvalue weighted by Crippen LogP contribution is -2.28. The zero-order chi connectivity index (χ0) is 15.3. The summed E-state index contributed by atoms with van der Waals surface area (Å²) in [4.78, 5) is 18.5. The van der Waals surface area contributed by atoms with Crippen LogP contribution in [0.1, 0.15) is 43.2 Å². The van der Waals surface area contributed by atoms with Gasteiger partial charge in [-0.1, -0.05) is 20.8 Å². The van der Waals surface area contributed by atoms with Crippen LogP contribution in [-0.2, 0) is 5.41 Å². The summed E-state index contributed by atoms with van der Waals surface area (Å²) >= 11 is 0. The fourth-order valence-electron chi connectivity index (χ4n) is 1.77. The molecule has 0 aromatic carbocycles. The number of nitrogens with zero attached hydrogens (tertiary/aromatic N) is 2. The van der Waals surface area contributed by atoms with E-state index in [4.69, 9.17) is 5.73 Å². The van der Waals surface area contributed by atoms with Gasteiger partial charge in [-0.2, -0.15) is 0 Å². The number of nitrogens with two attached hydrogens (primary N) is 1. The summed E-state index contributed by atoms with van der Waals surface area (Å²) in [6.45, 7) is 7.75. The average Bonchev–Trinajstić information content (AvgIpc) is 2.32. The first-order valence-electron chi connectivity index (χ1n) is 6.91. The number of hydrogen-bond donors (Lipinski definition) is 2. The van der Waals surface area contributed by atoms with Crippen molar-refractivity contribution >= 4 is 11.7 Å². The molecule has 0 saturated carbocycles. The van der Waals surface area contributed by atoms with Gasteiger partial charge < -0.3 is 16.0 Å². The van der Waals surface area contributed by atoms with Crippen molar-refractivity contribution in [2.75, 3.05) is 32.9 Å². The van der Waals surface area contributed by atoms with E-state index in [1.807, 2.05) is 40.9 Å². The Labute approximate surface area is 121 Å². The lowest BCUT2D eigenvalue weighted by atomic mass is 9.90. The van der Waals surface area contributed by atoms with Gasteiger partial charge in [-0.15, -0.1) is 0 Å². The molecule has 0 fully saturated rings. The Kier molecular flexibility index (Phi) is 5.51. The van der Waals surface area contributed by atoms with Crippen molar-refractivity contribution in [1.82, 2.24) is 15.2 Å². The molecule has 0 unspecified atom stereocenters. The second-order valence-electron chi connectivity index (χ2n) is 6.33. The quantitative estimate of drug-likeness (QED) is 0.803. The molecule has 1 aromatic heterocycles. The van der Waals surface area contributed by atoms with Crippen molar-refractivity contribution in [2.45, 2.75) is 32.6 Å². The summed E-state index contributed by atoms with van der Waals surface area (Å²) < 4.78 is 0. The molecule has 20 heavy (non-hydrogen) atoms. The van der Waals surface area contributed by atoms with Gasteiger partial charge >= 0.3 is 0 Å². The average molecular weight is 278 g/mol. The smallest absolute Gasteiger partial charge is 0.251 e. The van der Waals surface area contributed by atoms with Crippen LogP contribution in [0.15, 0.2) is 12.1 Å². The minimum Gasteiger partial charge on any atom is -0.384 e. The van der Waals surface area contributed by atoms with Gasteiger partial charge in [-0.05, 0) is 39.2 Å². The first-order chi connectivity index (χ1) is 9.20. The topological polar surface area (TPSA) is 71.2 Å². The third-order valence-corrected chi connectivity index (χ3v) is 2.94. The van der Waals surface area contributed by atoms with Crippen LogP contribution < -0.4 is 11.1 Å². The van der Waals surface area contributed by atoms with Crippen LogP contribution in [0.3, 0.4) is 0 Å². The van der Waals surface area contributed by atoms with Crippen LogP contribution in [0, 0.1) is 0 Å². The van der Waals surface area contributed by atoms with Gasteiger partial charge in [0.05, 0.1) is 0 Å². The molecule has 5 heteroatoms. The van der Waals surface area contributed by atoms with Crippen LogP contribution in [0.25, 0.3) is 0 Å².